The van der Waals surface area contributed by atoms with Crippen molar-refractivity contribution in [2.75, 3.05) is 0 Å². The van der Waals surface area contributed by atoms with Gasteiger partial charge in [-0.15, -0.1) is 0 Å². The zero-order chi connectivity index (χ0) is 17.4. The van der Waals surface area contributed by atoms with Crippen molar-refractivity contribution in [1.29, 1.82) is 0 Å². The molecule has 0 aliphatic carbocycles. The molecular formula is C20H18O4. The topological polar surface area (TPSA) is 52.6 Å². The standard InChI is InChI=1S/C20H18O4/c1-15(21)23-19(17-9-5-3-6-10-17)13-14-20(24-16(2)22)18-11-7-4-8-12-18/h3-12,19-20H,1-2H3. The summed E-state index contributed by atoms with van der Waals surface area (Å²) in [5.74, 6) is 4.94. The fraction of sp³-hybridized carbons (Fsp3) is 0.200. The van der Waals surface area contributed by atoms with Crippen molar-refractivity contribution in [3.63, 3.8) is 0 Å². The minimum absolute atomic E-state index is 0.429. The molecule has 0 radical (unpaired) electrons. The Morgan fingerprint density at radius 3 is 1.33 bits per heavy atom. The van der Waals surface area contributed by atoms with Crippen LogP contribution in [0.3, 0.4) is 0 Å². The van der Waals surface area contributed by atoms with Crippen LogP contribution in [-0.2, 0) is 19.1 Å². The normalized spacial score (nSPS) is 12.2. The highest BCUT2D eigenvalue weighted by atomic mass is 16.5. The molecular weight excluding hydrogens is 304 g/mol. The SMILES string of the molecule is CC(=O)OC(C#CC(OC(C)=O)c1ccccc1)c1ccccc1. The van der Waals surface area contributed by atoms with E-state index in [9.17, 15) is 9.59 Å². The van der Waals surface area contributed by atoms with E-state index in [1.807, 2.05) is 60.7 Å². The molecule has 0 fully saturated rings. The second-order valence-electron chi connectivity index (χ2n) is 5.09. The Morgan fingerprint density at radius 2 is 1.04 bits per heavy atom. The molecule has 0 aliphatic rings. The lowest BCUT2D eigenvalue weighted by Gasteiger charge is -2.14. The highest BCUT2D eigenvalue weighted by Gasteiger charge is 2.14. The highest BCUT2D eigenvalue weighted by Crippen LogP contribution is 2.20. The molecule has 2 rings (SSSR count). The molecule has 122 valence electrons. The molecule has 0 heterocycles. The van der Waals surface area contributed by atoms with Gasteiger partial charge in [-0.25, -0.2) is 0 Å². The Kier molecular flexibility index (Phi) is 6.16. The van der Waals surface area contributed by atoms with Crippen LogP contribution in [0.4, 0.5) is 0 Å². The predicted molar refractivity (Wildman–Crippen MR) is 89.7 cm³/mol. The molecule has 4 nitrogen and oxygen atoms in total. The van der Waals surface area contributed by atoms with Crippen LogP contribution in [0.15, 0.2) is 60.7 Å². The summed E-state index contributed by atoms with van der Waals surface area (Å²) in [7, 11) is 0. The maximum atomic E-state index is 11.3. The van der Waals surface area contributed by atoms with Gasteiger partial charge in [0.25, 0.3) is 0 Å². The van der Waals surface area contributed by atoms with E-state index in [2.05, 4.69) is 11.8 Å². The molecule has 2 unspecified atom stereocenters. The van der Waals surface area contributed by atoms with E-state index in [0.717, 1.165) is 11.1 Å². The molecule has 0 aliphatic heterocycles. The fourth-order valence-corrected chi connectivity index (χ4v) is 2.10. The van der Waals surface area contributed by atoms with Crippen LogP contribution >= 0.6 is 0 Å². The number of carbonyl (C=O) groups excluding carboxylic acids is 2. The lowest BCUT2D eigenvalue weighted by molar-refractivity contribution is -0.145. The summed E-state index contributed by atoms with van der Waals surface area (Å²) in [5, 5.41) is 0. The van der Waals surface area contributed by atoms with Gasteiger partial charge in [-0.2, -0.15) is 0 Å². The molecule has 0 spiro atoms. The molecule has 2 aromatic carbocycles. The van der Waals surface area contributed by atoms with Crippen molar-refractivity contribution in [3.8, 4) is 11.8 Å². The van der Waals surface area contributed by atoms with E-state index >= 15 is 0 Å². The molecule has 0 saturated carbocycles. The maximum Gasteiger partial charge on any atom is 0.304 e. The lowest BCUT2D eigenvalue weighted by Crippen LogP contribution is -2.09. The van der Waals surface area contributed by atoms with Gasteiger partial charge in [-0.05, 0) is 11.8 Å². The van der Waals surface area contributed by atoms with E-state index in [4.69, 9.17) is 9.47 Å². The zero-order valence-electron chi connectivity index (χ0n) is 13.6. The summed E-state index contributed by atoms with van der Waals surface area (Å²) in [6, 6.07) is 18.4. The number of esters is 2. The summed E-state index contributed by atoms with van der Waals surface area (Å²) in [4.78, 5) is 22.7. The van der Waals surface area contributed by atoms with Crippen LogP contribution in [0.5, 0.6) is 0 Å². The van der Waals surface area contributed by atoms with E-state index in [1.54, 1.807) is 0 Å². The van der Waals surface area contributed by atoms with Gasteiger partial charge in [0.1, 0.15) is 0 Å². The Balaban J connectivity index is 2.31. The maximum absolute atomic E-state index is 11.3. The van der Waals surface area contributed by atoms with Crippen LogP contribution in [0, 0.1) is 11.8 Å². The zero-order valence-corrected chi connectivity index (χ0v) is 13.6. The third-order valence-electron chi connectivity index (χ3n) is 3.12. The van der Waals surface area contributed by atoms with Gasteiger partial charge in [0.2, 0.25) is 0 Å². The summed E-state index contributed by atoms with van der Waals surface area (Å²) in [6.45, 7) is 2.66. The highest BCUT2D eigenvalue weighted by molar-refractivity contribution is 5.67. The minimum Gasteiger partial charge on any atom is -0.444 e. The van der Waals surface area contributed by atoms with Gasteiger partial charge in [0.05, 0.1) is 0 Å². The largest absolute Gasteiger partial charge is 0.444 e. The molecule has 0 aromatic heterocycles. The second kappa shape index (κ2) is 8.54. The van der Waals surface area contributed by atoms with Gasteiger partial charge in [-0.1, -0.05) is 60.7 Å². The number of ether oxygens (including phenoxy) is 2. The van der Waals surface area contributed by atoms with Crippen LogP contribution in [0.2, 0.25) is 0 Å². The number of rotatable bonds is 4. The number of hydrogen-bond donors (Lipinski definition) is 0. The molecule has 0 saturated heterocycles. The van der Waals surface area contributed by atoms with Crippen molar-refractivity contribution < 1.29 is 19.1 Å². The van der Waals surface area contributed by atoms with E-state index in [-0.39, 0.29) is 0 Å². The minimum atomic E-state index is -0.717. The van der Waals surface area contributed by atoms with Gasteiger partial charge >= 0.3 is 11.9 Å². The number of carbonyl (C=O) groups is 2. The summed E-state index contributed by atoms with van der Waals surface area (Å²) >= 11 is 0. The molecule has 24 heavy (non-hydrogen) atoms. The van der Waals surface area contributed by atoms with Crippen LogP contribution in [0.1, 0.15) is 37.2 Å². The van der Waals surface area contributed by atoms with Crippen molar-refractivity contribution in [1.82, 2.24) is 0 Å². The quantitative estimate of drug-likeness (QED) is 0.637. The van der Waals surface area contributed by atoms with Crippen LogP contribution < -0.4 is 0 Å². The molecule has 0 N–H and O–H groups in total. The third-order valence-corrected chi connectivity index (χ3v) is 3.12. The van der Waals surface area contributed by atoms with Gasteiger partial charge in [0.15, 0.2) is 12.2 Å². The summed E-state index contributed by atoms with van der Waals surface area (Å²) < 4.78 is 10.5. The number of hydrogen-bond acceptors (Lipinski definition) is 4. The second-order valence-corrected chi connectivity index (χ2v) is 5.09. The Bertz CT molecular complexity index is 678. The average molecular weight is 322 g/mol. The van der Waals surface area contributed by atoms with Crippen LogP contribution in [0.25, 0.3) is 0 Å². The Morgan fingerprint density at radius 1 is 0.708 bits per heavy atom. The van der Waals surface area contributed by atoms with Crippen molar-refractivity contribution >= 4 is 11.9 Å². The lowest BCUT2D eigenvalue weighted by atomic mass is 10.1. The first-order valence-corrected chi connectivity index (χ1v) is 7.51. The summed E-state index contributed by atoms with van der Waals surface area (Å²) in [6.07, 6.45) is -1.43. The first kappa shape index (κ1) is 17.3. The number of benzene rings is 2. The third kappa shape index (κ3) is 5.29. The fourth-order valence-electron chi connectivity index (χ4n) is 2.10. The van der Waals surface area contributed by atoms with Crippen molar-refractivity contribution in [3.05, 3.63) is 71.8 Å². The molecule has 2 atom stereocenters. The van der Waals surface area contributed by atoms with Crippen molar-refractivity contribution in [2.45, 2.75) is 26.1 Å². The van der Waals surface area contributed by atoms with E-state index in [0.29, 0.717) is 0 Å². The van der Waals surface area contributed by atoms with Crippen LogP contribution in [-0.4, -0.2) is 11.9 Å². The Hall–Kier alpha value is -3.06. The first-order valence-electron chi connectivity index (χ1n) is 7.51. The molecule has 4 heteroatoms. The summed E-state index contributed by atoms with van der Waals surface area (Å²) in [5.41, 5.74) is 1.52. The predicted octanol–water partition coefficient (Wildman–Crippen LogP) is 3.60. The molecule has 0 bridgehead atoms. The molecule has 2 aromatic rings. The molecule has 0 amide bonds. The monoisotopic (exact) mass is 322 g/mol. The average Bonchev–Trinajstić information content (AvgIpc) is 2.58. The smallest absolute Gasteiger partial charge is 0.304 e. The van der Waals surface area contributed by atoms with Gasteiger partial charge in [0, 0.05) is 25.0 Å². The Labute approximate surface area is 141 Å². The van der Waals surface area contributed by atoms with Gasteiger partial charge in [-0.3, -0.25) is 9.59 Å². The first-order chi connectivity index (χ1) is 11.6. The van der Waals surface area contributed by atoms with E-state index in [1.165, 1.54) is 13.8 Å². The van der Waals surface area contributed by atoms with E-state index < -0.39 is 24.1 Å². The van der Waals surface area contributed by atoms with Crippen molar-refractivity contribution in [2.24, 2.45) is 0 Å². The van der Waals surface area contributed by atoms with Gasteiger partial charge < -0.3 is 9.47 Å².